The molecule has 0 aliphatic rings. The highest BCUT2D eigenvalue weighted by molar-refractivity contribution is 7.89. The number of hydrogen-bond donors (Lipinski definition) is 1. The van der Waals surface area contributed by atoms with Crippen molar-refractivity contribution >= 4 is 33.0 Å². The maximum atomic E-state index is 12.2. The van der Waals surface area contributed by atoms with Crippen molar-refractivity contribution in [2.75, 3.05) is 32.5 Å². The van der Waals surface area contributed by atoms with Crippen LogP contribution in [0.25, 0.3) is 0 Å². The fourth-order valence-corrected chi connectivity index (χ4v) is 3.04. The maximum Gasteiger partial charge on any atom is 0.242 e. The lowest BCUT2D eigenvalue weighted by molar-refractivity contribution is 0.520. The Morgan fingerprint density at radius 2 is 1.83 bits per heavy atom. The Kier molecular flexibility index (Phi) is 6.93. The van der Waals surface area contributed by atoms with Gasteiger partial charge in [-0.25, -0.2) is 12.7 Å². The van der Waals surface area contributed by atoms with Gasteiger partial charge in [-0.05, 0) is 36.8 Å². The maximum absolute atomic E-state index is 12.2. The topological polar surface area (TPSA) is 52.7 Å². The van der Waals surface area contributed by atoms with E-state index in [9.17, 15) is 8.42 Å². The number of benzene rings is 1. The van der Waals surface area contributed by atoms with E-state index in [2.05, 4.69) is 18.5 Å². The number of thiocarbonyl (C=S) groups is 1. The molecule has 1 aromatic carbocycles. The second-order valence-corrected chi connectivity index (χ2v) is 7.72. The molecule has 1 aromatic rings. The zero-order chi connectivity index (χ0) is 17.6. The van der Waals surface area contributed by atoms with Crippen molar-refractivity contribution < 1.29 is 8.42 Å². The Labute approximate surface area is 144 Å². The van der Waals surface area contributed by atoms with Crippen molar-refractivity contribution in [1.29, 1.82) is 0 Å². The first-order valence-corrected chi connectivity index (χ1v) is 8.89. The van der Waals surface area contributed by atoms with E-state index in [1.54, 1.807) is 30.4 Å². The van der Waals surface area contributed by atoms with Crippen LogP contribution in [-0.2, 0) is 10.0 Å². The van der Waals surface area contributed by atoms with Crippen LogP contribution in [0.2, 0.25) is 0 Å². The summed E-state index contributed by atoms with van der Waals surface area (Å²) in [5, 5.41) is 3.60. The molecule has 0 amide bonds. The minimum atomic E-state index is -3.49. The molecule has 7 heteroatoms. The molecule has 0 spiro atoms. The van der Waals surface area contributed by atoms with Crippen LogP contribution in [0.4, 0.5) is 5.69 Å². The van der Waals surface area contributed by atoms with Crippen molar-refractivity contribution in [2.45, 2.75) is 11.8 Å². The fraction of sp³-hybridized carbons (Fsp3) is 0.312. The van der Waals surface area contributed by atoms with Crippen LogP contribution in [0.3, 0.4) is 0 Å². The molecule has 0 unspecified atom stereocenters. The normalized spacial score (nSPS) is 11.1. The molecule has 0 radical (unpaired) electrons. The molecule has 0 aromatic heterocycles. The van der Waals surface area contributed by atoms with Gasteiger partial charge in [-0.15, -0.1) is 13.2 Å². The minimum absolute atomic E-state index is 0.220. The quantitative estimate of drug-likeness (QED) is 0.603. The lowest BCUT2D eigenvalue weighted by Gasteiger charge is -2.24. The molecule has 0 heterocycles. The molecule has 23 heavy (non-hydrogen) atoms. The zero-order valence-corrected chi connectivity index (χ0v) is 15.4. The second-order valence-electron chi connectivity index (χ2n) is 5.18. The molecule has 1 N–H and O–H groups in total. The fourth-order valence-electron chi connectivity index (χ4n) is 1.85. The van der Waals surface area contributed by atoms with Crippen molar-refractivity contribution in [3.8, 4) is 0 Å². The predicted octanol–water partition coefficient (Wildman–Crippen LogP) is 2.62. The van der Waals surface area contributed by atoms with Crippen LogP contribution < -0.4 is 5.32 Å². The highest BCUT2D eigenvalue weighted by Gasteiger charge is 2.18. The van der Waals surface area contributed by atoms with Gasteiger partial charge in [-0.1, -0.05) is 18.2 Å². The summed E-state index contributed by atoms with van der Waals surface area (Å²) >= 11 is 5.40. The standard InChI is InChI=1S/C16H23N3O2S2/c1-6-10-19(11-7-2)16(22)17-15-12-14(9-8-13(15)3)23(20,21)18(4)5/h6-9,12H,1-2,10-11H2,3-5H3,(H,17,22). The number of nitrogens with zero attached hydrogens (tertiary/aromatic N) is 2. The summed E-state index contributed by atoms with van der Waals surface area (Å²) in [5.41, 5.74) is 1.57. The van der Waals surface area contributed by atoms with Gasteiger partial charge in [0.05, 0.1) is 4.90 Å². The molecule has 1 rings (SSSR count). The van der Waals surface area contributed by atoms with Crippen molar-refractivity contribution in [3.63, 3.8) is 0 Å². The van der Waals surface area contributed by atoms with Gasteiger partial charge < -0.3 is 10.2 Å². The largest absolute Gasteiger partial charge is 0.342 e. The van der Waals surface area contributed by atoms with Crippen molar-refractivity contribution in [1.82, 2.24) is 9.21 Å². The van der Waals surface area contributed by atoms with Gasteiger partial charge in [-0.2, -0.15) is 0 Å². The van der Waals surface area contributed by atoms with E-state index in [1.165, 1.54) is 18.4 Å². The van der Waals surface area contributed by atoms with Gasteiger partial charge in [0.25, 0.3) is 0 Å². The SMILES string of the molecule is C=CCN(CC=C)C(=S)Nc1cc(S(=O)(=O)N(C)C)ccc1C. The minimum Gasteiger partial charge on any atom is -0.342 e. The predicted molar refractivity (Wildman–Crippen MR) is 100 cm³/mol. The van der Waals surface area contributed by atoms with Crippen LogP contribution in [-0.4, -0.2) is 49.9 Å². The highest BCUT2D eigenvalue weighted by Crippen LogP contribution is 2.22. The van der Waals surface area contributed by atoms with Gasteiger partial charge in [-0.3, -0.25) is 0 Å². The molecule has 126 valence electrons. The van der Waals surface area contributed by atoms with E-state index in [0.29, 0.717) is 23.9 Å². The van der Waals surface area contributed by atoms with E-state index >= 15 is 0 Å². The average Bonchev–Trinajstić information content (AvgIpc) is 2.48. The van der Waals surface area contributed by atoms with Crippen LogP contribution in [0.5, 0.6) is 0 Å². The lowest BCUT2D eigenvalue weighted by Crippen LogP contribution is -2.35. The van der Waals surface area contributed by atoms with Gasteiger partial charge in [0.1, 0.15) is 0 Å². The number of rotatable bonds is 7. The third kappa shape index (κ3) is 4.89. The average molecular weight is 354 g/mol. The van der Waals surface area contributed by atoms with Crippen molar-refractivity contribution in [2.24, 2.45) is 0 Å². The summed E-state index contributed by atoms with van der Waals surface area (Å²) in [6, 6.07) is 4.94. The molecule has 5 nitrogen and oxygen atoms in total. The zero-order valence-electron chi connectivity index (χ0n) is 13.7. The van der Waals surface area contributed by atoms with Gasteiger partial charge in [0, 0.05) is 32.9 Å². The Bertz CT molecular complexity index is 687. The molecule has 0 saturated heterocycles. The second kappa shape index (κ2) is 8.24. The number of hydrogen-bond acceptors (Lipinski definition) is 3. The number of aryl methyl sites for hydroxylation is 1. The summed E-state index contributed by atoms with van der Waals surface area (Å²) in [4.78, 5) is 2.10. The van der Waals surface area contributed by atoms with Crippen LogP contribution in [0.15, 0.2) is 48.4 Å². The third-order valence-corrected chi connectivity index (χ3v) is 5.39. The molecule has 0 atom stereocenters. The van der Waals surface area contributed by atoms with Gasteiger partial charge >= 0.3 is 0 Å². The first-order chi connectivity index (χ1) is 10.7. The van der Waals surface area contributed by atoms with Crippen LogP contribution >= 0.6 is 12.2 Å². The van der Waals surface area contributed by atoms with Crippen molar-refractivity contribution in [3.05, 3.63) is 49.1 Å². The lowest BCUT2D eigenvalue weighted by atomic mass is 10.2. The molecule has 0 aliphatic carbocycles. The molecule has 0 bridgehead atoms. The number of sulfonamides is 1. The highest BCUT2D eigenvalue weighted by atomic mass is 32.2. The Balaban J connectivity index is 3.11. The first-order valence-electron chi connectivity index (χ1n) is 7.05. The van der Waals surface area contributed by atoms with E-state index in [1.807, 2.05) is 11.8 Å². The van der Waals surface area contributed by atoms with E-state index in [4.69, 9.17) is 12.2 Å². The van der Waals surface area contributed by atoms with Crippen LogP contribution in [0.1, 0.15) is 5.56 Å². The third-order valence-electron chi connectivity index (χ3n) is 3.22. The Hall–Kier alpha value is -1.70. The first kappa shape index (κ1) is 19.3. The smallest absolute Gasteiger partial charge is 0.242 e. The molecule has 0 aliphatic heterocycles. The van der Waals surface area contributed by atoms with Gasteiger partial charge in [0.2, 0.25) is 10.0 Å². The molecule has 0 saturated carbocycles. The summed E-state index contributed by atoms with van der Waals surface area (Å²) in [6.45, 7) is 10.5. The monoisotopic (exact) mass is 353 g/mol. The number of nitrogens with one attached hydrogen (secondary N) is 1. The molecular weight excluding hydrogens is 330 g/mol. The summed E-state index contributed by atoms with van der Waals surface area (Å²) < 4.78 is 25.7. The number of anilines is 1. The van der Waals surface area contributed by atoms with E-state index in [0.717, 1.165) is 5.56 Å². The van der Waals surface area contributed by atoms with E-state index in [-0.39, 0.29) is 4.90 Å². The summed E-state index contributed by atoms with van der Waals surface area (Å²) in [7, 11) is -0.483. The molecular formula is C16H23N3O2S2. The Morgan fingerprint density at radius 3 is 2.30 bits per heavy atom. The van der Waals surface area contributed by atoms with Gasteiger partial charge in [0.15, 0.2) is 5.11 Å². The van der Waals surface area contributed by atoms with E-state index < -0.39 is 10.0 Å². The molecule has 0 fully saturated rings. The van der Waals surface area contributed by atoms with Crippen LogP contribution in [0, 0.1) is 6.92 Å². The summed E-state index contributed by atoms with van der Waals surface area (Å²) in [6.07, 6.45) is 3.49. The summed E-state index contributed by atoms with van der Waals surface area (Å²) in [5.74, 6) is 0. The Morgan fingerprint density at radius 1 is 1.26 bits per heavy atom.